The van der Waals surface area contributed by atoms with Gasteiger partial charge in [0.2, 0.25) is 0 Å². The molecule has 0 bridgehead atoms. The van der Waals surface area contributed by atoms with Crippen LogP contribution in [0.3, 0.4) is 0 Å². The molecule has 1 aromatic heterocycles. The van der Waals surface area contributed by atoms with Crippen LogP contribution in [0.4, 0.5) is 5.82 Å². The predicted molar refractivity (Wildman–Crippen MR) is 79.5 cm³/mol. The van der Waals surface area contributed by atoms with Crippen LogP contribution in [0.1, 0.15) is 25.4 Å². The molecule has 2 rings (SSSR count). The van der Waals surface area contributed by atoms with Crippen LogP contribution in [-0.2, 0) is 16.4 Å². The second kappa shape index (κ2) is 6.05. The van der Waals surface area contributed by atoms with E-state index in [0.717, 1.165) is 23.9 Å². The highest BCUT2D eigenvalue weighted by atomic mass is 32.2. The Labute approximate surface area is 120 Å². The second-order valence-electron chi connectivity index (χ2n) is 5.27. The molecular weight excluding hydrogens is 276 g/mol. The summed E-state index contributed by atoms with van der Waals surface area (Å²) in [6.45, 7) is 7.87. The maximum absolute atomic E-state index is 11.6. The summed E-state index contributed by atoms with van der Waals surface area (Å²) in [6.07, 6.45) is 0. The van der Waals surface area contributed by atoms with Gasteiger partial charge in [0.25, 0.3) is 0 Å². The Hall–Kier alpha value is -1.21. The topological polar surface area (TPSA) is 75.2 Å². The van der Waals surface area contributed by atoms with E-state index in [9.17, 15) is 8.42 Å². The molecule has 0 radical (unpaired) electrons. The standard InChI is InChI=1S/C13H22N4O2S/c1-4-14-12-7-10(2)15-13(16-12)8-17-5-6-20(18,19)9-11(17)3/h7,11H,4-6,8-9H2,1-3H3,(H,14,15,16). The number of anilines is 1. The monoisotopic (exact) mass is 298 g/mol. The van der Waals surface area contributed by atoms with Crippen molar-refractivity contribution >= 4 is 15.7 Å². The molecule has 112 valence electrons. The molecule has 1 fully saturated rings. The number of hydrogen-bond donors (Lipinski definition) is 1. The van der Waals surface area contributed by atoms with Crippen LogP contribution in [-0.4, -0.2) is 53.9 Å². The molecule has 2 heterocycles. The lowest BCUT2D eigenvalue weighted by Gasteiger charge is -2.32. The first-order valence-electron chi connectivity index (χ1n) is 6.92. The van der Waals surface area contributed by atoms with Gasteiger partial charge in [0.15, 0.2) is 9.84 Å². The highest BCUT2D eigenvalue weighted by Crippen LogP contribution is 2.15. The van der Waals surface area contributed by atoms with E-state index in [1.54, 1.807) is 0 Å². The van der Waals surface area contributed by atoms with Gasteiger partial charge in [0.05, 0.1) is 18.1 Å². The van der Waals surface area contributed by atoms with Crippen LogP contribution in [0.15, 0.2) is 6.07 Å². The van der Waals surface area contributed by atoms with E-state index in [2.05, 4.69) is 20.2 Å². The Bertz CT molecular complexity index is 574. The quantitative estimate of drug-likeness (QED) is 0.887. The van der Waals surface area contributed by atoms with Gasteiger partial charge in [0.1, 0.15) is 11.6 Å². The zero-order valence-corrected chi connectivity index (χ0v) is 13.1. The number of aromatic nitrogens is 2. The van der Waals surface area contributed by atoms with Crippen LogP contribution in [0.2, 0.25) is 0 Å². The molecule has 0 aliphatic carbocycles. The van der Waals surface area contributed by atoms with Crippen molar-refractivity contribution in [3.8, 4) is 0 Å². The van der Waals surface area contributed by atoms with E-state index in [-0.39, 0.29) is 17.5 Å². The summed E-state index contributed by atoms with van der Waals surface area (Å²) in [5.41, 5.74) is 0.920. The molecule has 1 atom stereocenters. The highest BCUT2D eigenvalue weighted by molar-refractivity contribution is 7.91. The highest BCUT2D eigenvalue weighted by Gasteiger charge is 2.28. The van der Waals surface area contributed by atoms with E-state index in [4.69, 9.17) is 0 Å². The lowest BCUT2D eigenvalue weighted by Crippen LogP contribution is -2.46. The Kier molecular flexibility index (Phi) is 4.59. The van der Waals surface area contributed by atoms with Crippen molar-refractivity contribution in [2.24, 2.45) is 0 Å². The van der Waals surface area contributed by atoms with Gasteiger partial charge in [-0.05, 0) is 20.8 Å². The van der Waals surface area contributed by atoms with Crippen molar-refractivity contribution in [2.75, 3.05) is 29.9 Å². The first kappa shape index (κ1) is 15.2. The average molecular weight is 298 g/mol. The van der Waals surface area contributed by atoms with Gasteiger partial charge in [-0.25, -0.2) is 18.4 Å². The Morgan fingerprint density at radius 1 is 1.45 bits per heavy atom. The Morgan fingerprint density at radius 3 is 2.85 bits per heavy atom. The molecular formula is C13H22N4O2S. The molecule has 1 saturated heterocycles. The van der Waals surface area contributed by atoms with Crippen molar-refractivity contribution in [1.29, 1.82) is 0 Å². The fraction of sp³-hybridized carbons (Fsp3) is 0.692. The fourth-order valence-electron chi connectivity index (χ4n) is 2.42. The number of aryl methyl sites for hydroxylation is 1. The summed E-state index contributed by atoms with van der Waals surface area (Å²) in [5.74, 6) is 2.02. The first-order valence-corrected chi connectivity index (χ1v) is 8.74. The van der Waals surface area contributed by atoms with E-state index >= 15 is 0 Å². The normalized spacial score (nSPS) is 22.6. The van der Waals surface area contributed by atoms with Gasteiger partial charge in [-0.3, -0.25) is 4.90 Å². The third-order valence-corrected chi connectivity index (χ3v) is 5.21. The summed E-state index contributed by atoms with van der Waals surface area (Å²) in [7, 11) is -2.88. The summed E-state index contributed by atoms with van der Waals surface area (Å²) in [4.78, 5) is 11.0. The number of hydrogen-bond acceptors (Lipinski definition) is 6. The molecule has 1 N–H and O–H groups in total. The number of rotatable bonds is 4. The molecule has 0 aromatic carbocycles. The van der Waals surface area contributed by atoms with Crippen LogP contribution in [0.25, 0.3) is 0 Å². The lowest BCUT2D eigenvalue weighted by molar-refractivity contribution is 0.212. The van der Waals surface area contributed by atoms with E-state index in [1.807, 2.05) is 26.8 Å². The molecule has 6 nitrogen and oxygen atoms in total. The zero-order chi connectivity index (χ0) is 14.8. The van der Waals surface area contributed by atoms with E-state index in [0.29, 0.717) is 13.1 Å². The Balaban J connectivity index is 2.10. The van der Waals surface area contributed by atoms with Crippen molar-refractivity contribution in [1.82, 2.24) is 14.9 Å². The van der Waals surface area contributed by atoms with Crippen molar-refractivity contribution in [3.05, 3.63) is 17.6 Å². The molecule has 1 aromatic rings. The van der Waals surface area contributed by atoms with Gasteiger partial charge in [-0.1, -0.05) is 0 Å². The maximum atomic E-state index is 11.6. The smallest absolute Gasteiger partial charge is 0.153 e. The summed E-state index contributed by atoms with van der Waals surface area (Å²) < 4.78 is 23.2. The number of nitrogens with one attached hydrogen (secondary N) is 1. The molecule has 0 saturated carbocycles. The van der Waals surface area contributed by atoms with E-state index in [1.165, 1.54) is 0 Å². The van der Waals surface area contributed by atoms with Gasteiger partial charge in [0, 0.05) is 30.9 Å². The second-order valence-corrected chi connectivity index (χ2v) is 7.50. The first-order chi connectivity index (χ1) is 9.39. The summed E-state index contributed by atoms with van der Waals surface area (Å²) >= 11 is 0. The maximum Gasteiger partial charge on any atom is 0.153 e. The molecule has 1 unspecified atom stereocenters. The molecule has 0 spiro atoms. The van der Waals surface area contributed by atoms with Gasteiger partial charge in [-0.15, -0.1) is 0 Å². The van der Waals surface area contributed by atoms with Crippen LogP contribution >= 0.6 is 0 Å². The molecule has 0 amide bonds. The zero-order valence-electron chi connectivity index (χ0n) is 12.3. The lowest BCUT2D eigenvalue weighted by atomic mass is 10.3. The minimum Gasteiger partial charge on any atom is -0.370 e. The molecule has 20 heavy (non-hydrogen) atoms. The third-order valence-electron chi connectivity index (χ3n) is 3.41. The van der Waals surface area contributed by atoms with Crippen molar-refractivity contribution < 1.29 is 8.42 Å². The number of sulfone groups is 1. The molecule has 1 aliphatic heterocycles. The van der Waals surface area contributed by atoms with Gasteiger partial charge < -0.3 is 5.32 Å². The minimum atomic E-state index is -2.88. The number of nitrogens with zero attached hydrogens (tertiary/aromatic N) is 3. The SMILES string of the molecule is CCNc1cc(C)nc(CN2CCS(=O)(=O)CC2C)n1. The Morgan fingerprint density at radius 2 is 2.20 bits per heavy atom. The van der Waals surface area contributed by atoms with Gasteiger partial charge >= 0.3 is 0 Å². The predicted octanol–water partition coefficient (Wildman–Crippen LogP) is 0.836. The summed E-state index contributed by atoms with van der Waals surface area (Å²) in [6, 6.07) is 1.93. The molecule has 1 aliphatic rings. The van der Waals surface area contributed by atoms with Crippen LogP contribution in [0, 0.1) is 6.92 Å². The van der Waals surface area contributed by atoms with Crippen molar-refractivity contribution in [3.63, 3.8) is 0 Å². The summed E-state index contributed by atoms with van der Waals surface area (Å²) in [5, 5.41) is 3.18. The minimum absolute atomic E-state index is 0.0143. The average Bonchev–Trinajstić information content (AvgIpc) is 2.32. The fourth-order valence-corrected chi connectivity index (χ4v) is 4.05. The van der Waals surface area contributed by atoms with Crippen LogP contribution in [0.5, 0.6) is 0 Å². The third kappa shape index (κ3) is 3.89. The van der Waals surface area contributed by atoms with E-state index < -0.39 is 9.84 Å². The van der Waals surface area contributed by atoms with Gasteiger partial charge in [-0.2, -0.15) is 0 Å². The molecule has 7 heteroatoms. The van der Waals surface area contributed by atoms with Crippen LogP contribution < -0.4 is 5.32 Å². The largest absolute Gasteiger partial charge is 0.370 e. The van der Waals surface area contributed by atoms with Crippen molar-refractivity contribution in [2.45, 2.75) is 33.4 Å².